The van der Waals surface area contributed by atoms with Gasteiger partial charge >= 0.3 is 0 Å². The van der Waals surface area contributed by atoms with Gasteiger partial charge in [0.15, 0.2) is 5.75 Å². The number of carbonyl (C=O) groups is 1. The molecule has 0 atom stereocenters. The number of carbonyl (C=O) groups excluding carboxylic acids is 1. The minimum atomic E-state index is -0.132. The van der Waals surface area contributed by atoms with Crippen LogP contribution in [0.1, 0.15) is 50.2 Å². The average Bonchev–Trinajstić information content (AvgIpc) is 2.70. The predicted octanol–water partition coefficient (Wildman–Crippen LogP) is 3.08. The summed E-state index contributed by atoms with van der Waals surface area (Å²) in [5, 5.41) is 6.95. The lowest BCUT2D eigenvalue weighted by molar-refractivity contribution is 0.0958. The summed E-state index contributed by atoms with van der Waals surface area (Å²) < 4.78 is 5.75. The van der Waals surface area contributed by atoms with Gasteiger partial charge in [-0.25, -0.2) is 0 Å². The number of hydrogen-bond donors (Lipinski definition) is 3. The van der Waals surface area contributed by atoms with Crippen molar-refractivity contribution < 1.29 is 9.53 Å². The van der Waals surface area contributed by atoms with Crippen LogP contribution in [0.15, 0.2) is 0 Å². The van der Waals surface area contributed by atoms with Crippen LogP contribution in [0.2, 0.25) is 0 Å². The van der Waals surface area contributed by atoms with Gasteiger partial charge in [-0.05, 0) is 26.7 Å². The second-order valence-electron chi connectivity index (χ2n) is 4.85. The van der Waals surface area contributed by atoms with Crippen molar-refractivity contribution in [1.82, 2.24) is 5.32 Å². The Balaban J connectivity index is 3.00. The first-order valence-corrected chi connectivity index (χ1v) is 7.93. The first-order chi connectivity index (χ1) is 9.51. The Morgan fingerprint density at radius 1 is 1.30 bits per heavy atom. The van der Waals surface area contributed by atoms with Gasteiger partial charge in [0, 0.05) is 13.1 Å². The largest absolute Gasteiger partial charge is 0.486 e. The van der Waals surface area contributed by atoms with E-state index in [9.17, 15) is 4.79 Å². The van der Waals surface area contributed by atoms with Crippen molar-refractivity contribution >= 4 is 27.9 Å². The van der Waals surface area contributed by atoms with Crippen molar-refractivity contribution in [2.75, 3.05) is 24.1 Å². The molecule has 0 fully saturated rings. The second-order valence-corrected chi connectivity index (χ2v) is 5.87. The highest BCUT2D eigenvalue weighted by molar-refractivity contribution is 7.19. The fourth-order valence-electron chi connectivity index (χ4n) is 1.62. The van der Waals surface area contributed by atoms with Crippen LogP contribution < -0.4 is 21.1 Å². The van der Waals surface area contributed by atoms with Crippen LogP contribution in [0.5, 0.6) is 5.75 Å². The highest BCUT2D eigenvalue weighted by Gasteiger charge is 2.22. The summed E-state index contributed by atoms with van der Waals surface area (Å²) in [7, 11) is 0. The lowest BCUT2D eigenvalue weighted by atomic mass is 10.3. The van der Waals surface area contributed by atoms with Crippen LogP contribution in [-0.4, -0.2) is 25.1 Å². The number of amides is 1. The third-order valence-electron chi connectivity index (χ3n) is 2.53. The molecule has 0 aliphatic rings. The van der Waals surface area contributed by atoms with Crippen LogP contribution in [0, 0.1) is 0 Å². The van der Waals surface area contributed by atoms with Crippen molar-refractivity contribution in [2.24, 2.45) is 0 Å². The number of nitrogens with one attached hydrogen (secondary N) is 2. The van der Waals surface area contributed by atoms with Crippen LogP contribution in [-0.2, 0) is 0 Å². The van der Waals surface area contributed by atoms with Crippen molar-refractivity contribution in [2.45, 2.75) is 46.6 Å². The number of ether oxygens (including phenoxy) is 1. The Hall–Kier alpha value is -1.43. The topological polar surface area (TPSA) is 76.4 Å². The smallest absolute Gasteiger partial charge is 0.263 e. The normalized spacial score (nSPS) is 10.7. The number of anilines is 2. The first-order valence-electron chi connectivity index (χ1n) is 7.12. The summed E-state index contributed by atoms with van der Waals surface area (Å²) in [5.74, 6) is 0.465. The zero-order valence-corrected chi connectivity index (χ0v) is 13.5. The lowest BCUT2D eigenvalue weighted by Crippen LogP contribution is -2.23. The SMILES string of the molecule is CCCNC(=O)c1sc(NCCC)c(OC(C)C)c1N. The minimum Gasteiger partial charge on any atom is -0.486 e. The number of nitrogen functional groups attached to an aromatic ring is 1. The maximum atomic E-state index is 12.1. The van der Waals surface area contributed by atoms with Crippen LogP contribution in [0.25, 0.3) is 0 Å². The molecule has 1 aromatic rings. The van der Waals surface area contributed by atoms with Crippen molar-refractivity contribution in [3.8, 4) is 5.75 Å². The molecule has 0 aliphatic heterocycles. The van der Waals surface area contributed by atoms with E-state index in [0.29, 0.717) is 22.9 Å². The number of nitrogens with two attached hydrogens (primary N) is 1. The van der Waals surface area contributed by atoms with E-state index in [0.717, 1.165) is 24.4 Å². The van der Waals surface area contributed by atoms with E-state index in [1.165, 1.54) is 11.3 Å². The van der Waals surface area contributed by atoms with Gasteiger partial charge in [-0.2, -0.15) is 0 Å². The maximum absolute atomic E-state index is 12.1. The summed E-state index contributed by atoms with van der Waals surface area (Å²) in [4.78, 5) is 12.6. The van der Waals surface area contributed by atoms with Gasteiger partial charge in [0.25, 0.3) is 5.91 Å². The van der Waals surface area contributed by atoms with Gasteiger partial charge in [0.1, 0.15) is 15.6 Å². The third-order valence-corrected chi connectivity index (χ3v) is 3.67. The van der Waals surface area contributed by atoms with Gasteiger partial charge in [-0.15, -0.1) is 11.3 Å². The van der Waals surface area contributed by atoms with Gasteiger partial charge in [0.2, 0.25) is 0 Å². The molecular formula is C14H25N3O2S. The summed E-state index contributed by atoms with van der Waals surface area (Å²) in [6, 6.07) is 0. The zero-order chi connectivity index (χ0) is 15.1. The second kappa shape index (κ2) is 7.99. The van der Waals surface area contributed by atoms with E-state index in [1.54, 1.807) is 0 Å². The third kappa shape index (κ3) is 4.30. The van der Waals surface area contributed by atoms with Gasteiger partial charge in [-0.3, -0.25) is 4.79 Å². The molecule has 0 unspecified atom stereocenters. The Kier molecular flexibility index (Phi) is 6.64. The molecule has 6 heteroatoms. The number of hydrogen-bond acceptors (Lipinski definition) is 5. The van der Waals surface area contributed by atoms with Gasteiger partial charge in [-0.1, -0.05) is 13.8 Å². The van der Waals surface area contributed by atoms with E-state index >= 15 is 0 Å². The van der Waals surface area contributed by atoms with E-state index in [1.807, 2.05) is 20.8 Å². The molecule has 1 heterocycles. The Morgan fingerprint density at radius 3 is 2.50 bits per heavy atom. The Bertz CT molecular complexity index is 444. The van der Waals surface area contributed by atoms with E-state index < -0.39 is 0 Å². The fraction of sp³-hybridized carbons (Fsp3) is 0.643. The summed E-state index contributed by atoms with van der Waals surface area (Å²) in [5.41, 5.74) is 6.51. The molecule has 0 saturated carbocycles. The number of rotatable bonds is 8. The Labute approximate surface area is 124 Å². The quantitative estimate of drug-likeness (QED) is 0.689. The highest BCUT2D eigenvalue weighted by atomic mass is 32.1. The van der Waals surface area contributed by atoms with Crippen molar-refractivity contribution in [3.05, 3.63) is 4.88 Å². The first kappa shape index (κ1) is 16.6. The molecule has 5 nitrogen and oxygen atoms in total. The molecule has 4 N–H and O–H groups in total. The maximum Gasteiger partial charge on any atom is 0.263 e. The highest BCUT2D eigenvalue weighted by Crippen LogP contribution is 2.43. The fourth-order valence-corrected chi connectivity index (χ4v) is 2.62. The molecule has 0 aliphatic carbocycles. The van der Waals surface area contributed by atoms with E-state index in [2.05, 4.69) is 17.6 Å². The van der Waals surface area contributed by atoms with Crippen LogP contribution >= 0.6 is 11.3 Å². The summed E-state index contributed by atoms with van der Waals surface area (Å²) in [6.07, 6.45) is 1.91. The molecule has 0 saturated heterocycles. The molecule has 0 spiro atoms. The van der Waals surface area contributed by atoms with E-state index in [4.69, 9.17) is 10.5 Å². The average molecular weight is 299 g/mol. The molecule has 1 aromatic heterocycles. The van der Waals surface area contributed by atoms with Crippen molar-refractivity contribution in [1.29, 1.82) is 0 Å². The van der Waals surface area contributed by atoms with Crippen molar-refractivity contribution in [3.63, 3.8) is 0 Å². The molecule has 0 bridgehead atoms. The molecule has 20 heavy (non-hydrogen) atoms. The molecule has 0 radical (unpaired) electrons. The van der Waals surface area contributed by atoms with Gasteiger partial charge in [0.05, 0.1) is 6.10 Å². The predicted molar refractivity (Wildman–Crippen MR) is 85.9 cm³/mol. The summed E-state index contributed by atoms with van der Waals surface area (Å²) in [6.45, 7) is 9.45. The summed E-state index contributed by atoms with van der Waals surface area (Å²) >= 11 is 1.35. The number of thiophene rings is 1. The lowest BCUT2D eigenvalue weighted by Gasteiger charge is -2.12. The molecule has 1 amide bonds. The van der Waals surface area contributed by atoms with Crippen LogP contribution in [0.4, 0.5) is 10.7 Å². The van der Waals surface area contributed by atoms with E-state index in [-0.39, 0.29) is 12.0 Å². The molecule has 1 rings (SSSR count). The molecular weight excluding hydrogens is 274 g/mol. The molecule has 0 aromatic carbocycles. The standard InChI is InChI=1S/C14H25N3O2S/c1-5-7-16-13(18)12-10(15)11(19-9(3)4)14(20-12)17-8-6-2/h9,17H,5-8,15H2,1-4H3,(H,16,18). The zero-order valence-electron chi connectivity index (χ0n) is 12.7. The minimum absolute atomic E-state index is 0.0145. The monoisotopic (exact) mass is 299 g/mol. The van der Waals surface area contributed by atoms with Crippen LogP contribution in [0.3, 0.4) is 0 Å². The van der Waals surface area contributed by atoms with Gasteiger partial charge < -0.3 is 21.1 Å². The Morgan fingerprint density at radius 2 is 1.95 bits per heavy atom. The molecule has 114 valence electrons.